The first-order chi connectivity index (χ1) is 29.5. The Hall–Kier alpha value is -5.27. The SMILES string of the molecule is CC1=C(C)C(=O)C(CCCOC(=O)NCCCC[C@H](NC(=O)[C@@H]2CCCN2C(=O)[C@H](/C=C/[C@H](CC(C)C)NC(=O)OCC2CC2)Cc2ccccc2)C(=O)NC(C)C)=C(C)C1=O. The van der Waals surface area contributed by atoms with Crippen LogP contribution in [0.4, 0.5) is 9.59 Å². The van der Waals surface area contributed by atoms with E-state index < -0.39 is 36.1 Å². The van der Waals surface area contributed by atoms with Crippen molar-refractivity contribution in [1.82, 2.24) is 26.2 Å². The number of alkyl carbamates (subject to hydrolysis) is 2. The van der Waals surface area contributed by atoms with E-state index in [1.165, 1.54) is 0 Å². The van der Waals surface area contributed by atoms with Gasteiger partial charge in [0.1, 0.15) is 12.1 Å². The number of nitrogens with one attached hydrogen (secondary N) is 4. The van der Waals surface area contributed by atoms with Crippen LogP contribution in [0.5, 0.6) is 0 Å². The third-order valence-electron chi connectivity index (χ3n) is 11.6. The minimum atomic E-state index is -0.855. The van der Waals surface area contributed by atoms with Crippen molar-refractivity contribution < 1.29 is 43.0 Å². The van der Waals surface area contributed by atoms with Gasteiger partial charge in [0.25, 0.3) is 0 Å². The van der Waals surface area contributed by atoms with E-state index in [-0.39, 0.29) is 54.5 Å². The van der Waals surface area contributed by atoms with Crippen LogP contribution in [-0.2, 0) is 39.9 Å². The summed E-state index contributed by atoms with van der Waals surface area (Å²) in [5.74, 6) is -1.10. The number of nitrogens with zero attached hydrogens (tertiary/aromatic N) is 1. The molecule has 14 nitrogen and oxygen atoms in total. The van der Waals surface area contributed by atoms with Gasteiger partial charge in [-0.2, -0.15) is 0 Å². The van der Waals surface area contributed by atoms with Crippen LogP contribution in [0.3, 0.4) is 0 Å². The maximum Gasteiger partial charge on any atom is 0.407 e. The molecule has 2 fully saturated rings. The second-order valence-electron chi connectivity index (χ2n) is 17.7. The van der Waals surface area contributed by atoms with Gasteiger partial charge in [0.05, 0.1) is 25.2 Å². The molecule has 1 saturated carbocycles. The second-order valence-corrected chi connectivity index (χ2v) is 17.7. The van der Waals surface area contributed by atoms with Crippen molar-refractivity contribution in [3.8, 4) is 0 Å². The van der Waals surface area contributed by atoms with Gasteiger partial charge in [-0.25, -0.2) is 9.59 Å². The molecule has 0 spiro atoms. The molecular formula is C48H69N5O9. The predicted molar refractivity (Wildman–Crippen MR) is 237 cm³/mol. The van der Waals surface area contributed by atoms with Crippen LogP contribution in [0.1, 0.15) is 118 Å². The average molecular weight is 860 g/mol. The quantitative estimate of drug-likeness (QED) is 0.0546. The number of allylic oxidation sites excluding steroid dienone is 4. The molecule has 0 aromatic heterocycles. The third kappa shape index (κ3) is 15.6. The molecule has 4 atom stereocenters. The van der Waals surface area contributed by atoms with Gasteiger partial charge in [0, 0.05) is 41.4 Å². The average Bonchev–Trinajstić information content (AvgIpc) is 3.94. The topological polar surface area (TPSA) is 189 Å². The molecule has 1 aliphatic heterocycles. The highest BCUT2D eigenvalue weighted by atomic mass is 16.6. The molecule has 1 heterocycles. The normalized spacial score (nSPS) is 18.3. The fourth-order valence-electron chi connectivity index (χ4n) is 7.76. The number of hydrogen-bond acceptors (Lipinski definition) is 9. The van der Waals surface area contributed by atoms with E-state index >= 15 is 0 Å². The van der Waals surface area contributed by atoms with Crippen LogP contribution in [0.15, 0.2) is 64.8 Å². The number of ketones is 2. The molecule has 4 rings (SSSR count). The largest absolute Gasteiger partial charge is 0.450 e. The molecule has 1 aromatic carbocycles. The van der Waals surface area contributed by atoms with E-state index in [0.717, 1.165) is 18.4 Å². The highest BCUT2D eigenvalue weighted by molar-refractivity contribution is 6.24. The van der Waals surface area contributed by atoms with E-state index in [9.17, 15) is 33.6 Å². The van der Waals surface area contributed by atoms with Crippen molar-refractivity contribution in [2.75, 3.05) is 26.3 Å². The summed E-state index contributed by atoms with van der Waals surface area (Å²) in [7, 11) is 0. The summed E-state index contributed by atoms with van der Waals surface area (Å²) in [4.78, 5) is 93.5. The first-order valence-electron chi connectivity index (χ1n) is 22.5. The Morgan fingerprint density at radius 2 is 1.52 bits per heavy atom. The number of hydrogen-bond donors (Lipinski definition) is 4. The Morgan fingerprint density at radius 1 is 0.806 bits per heavy atom. The van der Waals surface area contributed by atoms with Crippen molar-refractivity contribution >= 4 is 41.5 Å². The minimum Gasteiger partial charge on any atom is -0.450 e. The van der Waals surface area contributed by atoms with E-state index in [4.69, 9.17) is 9.47 Å². The fraction of sp³-hybridized carbons (Fsp3) is 0.604. The summed E-state index contributed by atoms with van der Waals surface area (Å²) in [5.41, 5.74) is 2.77. The zero-order valence-electron chi connectivity index (χ0n) is 37.8. The van der Waals surface area contributed by atoms with E-state index in [2.05, 4.69) is 35.1 Å². The molecule has 1 aromatic rings. The Labute approximate surface area is 367 Å². The molecular weight excluding hydrogens is 791 g/mol. The van der Waals surface area contributed by atoms with Crippen LogP contribution in [0.25, 0.3) is 0 Å². The van der Waals surface area contributed by atoms with Gasteiger partial charge in [-0.15, -0.1) is 0 Å². The highest BCUT2D eigenvalue weighted by Crippen LogP contribution is 2.29. The maximum absolute atomic E-state index is 14.4. The van der Waals surface area contributed by atoms with Crippen molar-refractivity contribution in [2.45, 2.75) is 143 Å². The van der Waals surface area contributed by atoms with Gasteiger partial charge in [-0.1, -0.05) is 56.3 Å². The van der Waals surface area contributed by atoms with Gasteiger partial charge >= 0.3 is 12.2 Å². The van der Waals surface area contributed by atoms with Crippen molar-refractivity contribution in [2.24, 2.45) is 17.8 Å². The molecule has 62 heavy (non-hydrogen) atoms. The molecule has 2 aliphatic carbocycles. The molecule has 5 amide bonds. The number of amides is 5. The Balaban J connectivity index is 1.32. The van der Waals surface area contributed by atoms with Crippen LogP contribution < -0.4 is 21.3 Å². The summed E-state index contributed by atoms with van der Waals surface area (Å²) in [6.07, 6.45) is 8.96. The molecule has 0 radical (unpaired) electrons. The smallest absolute Gasteiger partial charge is 0.407 e. The Morgan fingerprint density at radius 3 is 2.19 bits per heavy atom. The van der Waals surface area contributed by atoms with Gasteiger partial charge in [0.2, 0.25) is 17.7 Å². The number of likely N-dealkylation sites (tertiary alicyclic amines) is 1. The standard InChI is InChI=1S/C48H69N5O9/c1-30(2)27-38(51-48(60)62-29-36-20-21-36)23-22-37(28-35-15-9-8-10-16-35)46(58)53-25-13-19-41(53)45(57)52-40(44(56)50-31(3)4)18-11-12-24-49-47(59)61-26-14-17-39-34(7)42(54)32(5)33(6)43(39)55/h8-10,15-16,22-23,30-31,36-38,40-41H,11-14,17-21,24-29H2,1-7H3,(H,49,59)(H,50,56)(H,51,60)(H,52,57)/b23-22+/t37-,38-,40+,41+/m1/s1. The maximum atomic E-state index is 14.4. The summed E-state index contributed by atoms with van der Waals surface area (Å²) in [6, 6.07) is 7.56. The summed E-state index contributed by atoms with van der Waals surface area (Å²) in [6.45, 7) is 13.9. The molecule has 0 bridgehead atoms. The molecule has 3 aliphatic rings. The summed E-state index contributed by atoms with van der Waals surface area (Å²) < 4.78 is 10.7. The van der Waals surface area contributed by atoms with E-state index in [1.807, 2.05) is 56.3 Å². The van der Waals surface area contributed by atoms with Crippen LogP contribution >= 0.6 is 0 Å². The summed E-state index contributed by atoms with van der Waals surface area (Å²) >= 11 is 0. The van der Waals surface area contributed by atoms with E-state index in [0.29, 0.717) is 99.1 Å². The first kappa shape index (κ1) is 49.4. The molecule has 0 unspecified atom stereocenters. The van der Waals surface area contributed by atoms with Crippen LogP contribution in [-0.4, -0.2) is 96.8 Å². The van der Waals surface area contributed by atoms with Crippen LogP contribution in [0, 0.1) is 17.8 Å². The van der Waals surface area contributed by atoms with Crippen molar-refractivity contribution in [1.29, 1.82) is 0 Å². The Kier molecular flexibility index (Phi) is 19.4. The van der Waals surface area contributed by atoms with Crippen molar-refractivity contribution in [3.05, 3.63) is 70.3 Å². The first-order valence-corrected chi connectivity index (χ1v) is 22.5. The molecule has 340 valence electrons. The van der Waals surface area contributed by atoms with E-state index in [1.54, 1.807) is 25.7 Å². The predicted octanol–water partition coefficient (Wildman–Crippen LogP) is 6.43. The molecule has 4 N–H and O–H groups in total. The second kappa shape index (κ2) is 24.4. The molecule has 14 heteroatoms. The van der Waals surface area contributed by atoms with Crippen LogP contribution in [0.2, 0.25) is 0 Å². The zero-order valence-corrected chi connectivity index (χ0v) is 37.8. The number of carbonyl (C=O) groups excluding carboxylic acids is 7. The Bertz CT molecular complexity index is 1850. The number of carbonyl (C=O) groups is 7. The lowest BCUT2D eigenvalue weighted by Crippen LogP contribution is -2.54. The van der Waals surface area contributed by atoms with Crippen molar-refractivity contribution in [3.63, 3.8) is 0 Å². The zero-order chi connectivity index (χ0) is 45.3. The lowest BCUT2D eigenvalue weighted by atomic mass is 9.84. The van der Waals surface area contributed by atoms with Gasteiger partial charge in [-0.3, -0.25) is 24.0 Å². The summed E-state index contributed by atoms with van der Waals surface area (Å²) in [5, 5.41) is 11.5. The highest BCUT2D eigenvalue weighted by Gasteiger charge is 2.38. The number of benzene rings is 1. The number of unbranched alkanes of at least 4 members (excludes halogenated alkanes) is 1. The number of rotatable bonds is 23. The van der Waals surface area contributed by atoms with Gasteiger partial charge in [0.15, 0.2) is 11.6 Å². The molecule has 1 saturated heterocycles. The number of Topliss-reactive ketones (excluding diaryl/α,β-unsaturated/α-hetero) is 2. The lowest BCUT2D eigenvalue weighted by molar-refractivity contribution is -0.141. The lowest BCUT2D eigenvalue weighted by Gasteiger charge is -2.29. The monoisotopic (exact) mass is 860 g/mol. The number of ether oxygens (including phenoxy) is 2. The fourth-order valence-corrected chi connectivity index (χ4v) is 7.76. The minimum absolute atomic E-state index is 0.0753. The third-order valence-corrected chi connectivity index (χ3v) is 11.6. The van der Waals surface area contributed by atoms with Gasteiger partial charge < -0.3 is 35.6 Å². The van der Waals surface area contributed by atoms with Gasteiger partial charge in [-0.05, 0) is 123 Å².